The van der Waals surface area contributed by atoms with Crippen LogP contribution in [-0.2, 0) is 11.2 Å². The zero-order chi connectivity index (χ0) is 11.1. The van der Waals surface area contributed by atoms with Crippen LogP contribution in [-0.4, -0.2) is 23.5 Å². The molecule has 1 aromatic rings. The Morgan fingerprint density at radius 2 is 2.47 bits per heavy atom. The third-order valence-electron chi connectivity index (χ3n) is 1.78. The zero-order valence-corrected chi connectivity index (χ0v) is 8.96. The molecule has 4 N–H and O–H groups in total. The summed E-state index contributed by atoms with van der Waals surface area (Å²) in [5, 5.41) is 17.6. The minimum Gasteiger partial charge on any atom is -0.409 e. The maximum Gasteiger partial charge on any atom is 0.224 e. The Balaban J connectivity index is 2.20. The quantitative estimate of drug-likeness (QED) is 0.297. The smallest absolute Gasteiger partial charge is 0.224 e. The van der Waals surface area contributed by atoms with Crippen LogP contribution in [0, 0.1) is 0 Å². The van der Waals surface area contributed by atoms with Crippen LogP contribution in [0.15, 0.2) is 22.0 Å². The van der Waals surface area contributed by atoms with Crippen molar-refractivity contribution in [2.24, 2.45) is 10.9 Å². The number of amidine groups is 1. The zero-order valence-electron chi connectivity index (χ0n) is 8.14. The summed E-state index contributed by atoms with van der Waals surface area (Å²) in [5.41, 5.74) is 6.25. The monoisotopic (exact) mass is 227 g/mol. The fraction of sp³-hybridized carbons (Fsp3) is 0.333. The molecule has 6 heteroatoms. The number of hydrogen-bond donors (Lipinski definition) is 3. The van der Waals surface area contributed by atoms with Crippen LogP contribution in [0.5, 0.6) is 0 Å². The molecule has 5 nitrogen and oxygen atoms in total. The van der Waals surface area contributed by atoms with E-state index in [4.69, 9.17) is 10.9 Å². The van der Waals surface area contributed by atoms with E-state index in [0.717, 1.165) is 5.56 Å². The molecule has 0 aliphatic rings. The van der Waals surface area contributed by atoms with Gasteiger partial charge < -0.3 is 16.3 Å². The van der Waals surface area contributed by atoms with Gasteiger partial charge in [0.25, 0.3) is 0 Å². The summed E-state index contributed by atoms with van der Waals surface area (Å²) < 4.78 is 0. The highest BCUT2D eigenvalue weighted by Crippen LogP contribution is 2.05. The van der Waals surface area contributed by atoms with E-state index < -0.39 is 0 Å². The predicted octanol–water partition coefficient (Wildman–Crippen LogP) is 0.543. The molecule has 0 saturated heterocycles. The molecule has 1 aromatic heterocycles. The van der Waals surface area contributed by atoms with Crippen molar-refractivity contribution >= 4 is 23.1 Å². The van der Waals surface area contributed by atoms with Crippen LogP contribution < -0.4 is 11.1 Å². The largest absolute Gasteiger partial charge is 0.409 e. The van der Waals surface area contributed by atoms with Gasteiger partial charge >= 0.3 is 0 Å². The van der Waals surface area contributed by atoms with Crippen molar-refractivity contribution in [1.82, 2.24) is 5.32 Å². The van der Waals surface area contributed by atoms with Gasteiger partial charge in [-0.2, -0.15) is 11.3 Å². The van der Waals surface area contributed by atoms with E-state index >= 15 is 0 Å². The molecule has 1 rings (SSSR count). The highest BCUT2D eigenvalue weighted by molar-refractivity contribution is 7.07. The fourth-order valence-corrected chi connectivity index (χ4v) is 1.69. The first-order valence-electron chi connectivity index (χ1n) is 4.46. The summed E-state index contributed by atoms with van der Waals surface area (Å²) in [6.45, 7) is 0.388. The van der Waals surface area contributed by atoms with Crippen molar-refractivity contribution in [2.75, 3.05) is 6.54 Å². The minimum atomic E-state index is -0.0564. The maximum absolute atomic E-state index is 11.3. The Hall–Kier alpha value is -1.56. The van der Waals surface area contributed by atoms with Gasteiger partial charge in [-0.25, -0.2) is 0 Å². The molecule has 0 spiro atoms. The standard InChI is InChI=1S/C9H13N3O2S/c10-8(12-14)1-3-11-9(13)5-7-2-4-15-6-7/h2,4,6,14H,1,3,5H2,(H2,10,12)(H,11,13). The lowest BCUT2D eigenvalue weighted by Crippen LogP contribution is -2.29. The summed E-state index contributed by atoms with van der Waals surface area (Å²) >= 11 is 1.56. The summed E-state index contributed by atoms with van der Waals surface area (Å²) in [5.74, 6) is 0.0602. The van der Waals surface area contributed by atoms with Crippen LogP contribution >= 0.6 is 11.3 Å². The number of nitrogens with zero attached hydrogens (tertiary/aromatic N) is 1. The molecule has 1 amide bonds. The Morgan fingerprint density at radius 3 is 3.07 bits per heavy atom. The van der Waals surface area contributed by atoms with E-state index in [9.17, 15) is 4.79 Å². The molecule has 0 saturated carbocycles. The lowest BCUT2D eigenvalue weighted by atomic mass is 10.2. The lowest BCUT2D eigenvalue weighted by molar-refractivity contribution is -0.120. The van der Waals surface area contributed by atoms with Gasteiger partial charge in [0.2, 0.25) is 5.91 Å². The fourth-order valence-electron chi connectivity index (χ4n) is 1.02. The SMILES string of the molecule is NC(CCNC(=O)Cc1ccsc1)=NO. The normalized spacial score (nSPS) is 11.3. The van der Waals surface area contributed by atoms with E-state index in [0.29, 0.717) is 19.4 Å². The van der Waals surface area contributed by atoms with Gasteiger partial charge in [0, 0.05) is 13.0 Å². The van der Waals surface area contributed by atoms with Crippen molar-refractivity contribution in [3.8, 4) is 0 Å². The first kappa shape index (κ1) is 11.5. The first-order valence-corrected chi connectivity index (χ1v) is 5.41. The first-order chi connectivity index (χ1) is 7.22. The topological polar surface area (TPSA) is 87.7 Å². The van der Waals surface area contributed by atoms with Crippen molar-refractivity contribution in [1.29, 1.82) is 0 Å². The molecule has 0 aliphatic carbocycles. The lowest BCUT2D eigenvalue weighted by Gasteiger charge is -2.02. The third kappa shape index (κ3) is 4.46. The molecule has 0 bridgehead atoms. The molecule has 0 unspecified atom stereocenters. The second-order valence-corrected chi connectivity index (χ2v) is 3.78. The number of nitrogens with one attached hydrogen (secondary N) is 1. The molecule has 0 fully saturated rings. The number of rotatable bonds is 5. The summed E-state index contributed by atoms with van der Waals surface area (Å²) in [6, 6.07) is 1.91. The van der Waals surface area contributed by atoms with Gasteiger partial charge in [-0.1, -0.05) is 5.16 Å². The van der Waals surface area contributed by atoms with Crippen LogP contribution in [0.3, 0.4) is 0 Å². The Bertz CT molecular complexity index is 335. The Morgan fingerprint density at radius 1 is 1.67 bits per heavy atom. The number of thiophene rings is 1. The number of amides is 1. The number of oxime groups is 1. The average Bonchev–Trinajstić information content (AvgIpc) is 2.70. The highest BCUT2D eigenvalue weighted by atomic mass is 32.1. The summed E-state index contributed by atoms with van der Waals surface area (Å²) in [7, 11) is 0. The number of hydrogen-bond acceptors (Lipinski definition) is 4. The molecule has 15 heavy (non-hydrogen) atoms. The van der Waals surface area contributed by atoms with Gasteiger partial charge in [0.1, 0.15) is 5.84 Å². The van der Waals surface area contributed by atoms with Gasteiger partial charge in [-0.05, 0) is 22.4 Å². The Labute approximate surface area is 91.6 Å². The molecular weight excluding hydrogens is 214 g/mol. The molecule has 0 aliphatic heterocycles. The second-order valence-electron chi connectivity index (χ2n) is 3.00. The predicted molar refractivity (Wildman–Crippen MR) is 59.1 cm³/mol. The van der Waals surface area contributed by atoms with E-state index in [-0.39, 0.29) is 11.7 Å². The molecule has 82 valence electrons. The molecule has 1 heterocycles. The van der Waals surface area contributed by atoms with Gasteiger partial charge in [-0.3, -0.25) is 4.79 Å². The van der Waals surface area contributed by atoms with Crippen LogP contribution in [0.4, 0.5) is 0 Å². The van der Waals surface area contributed by atoms with Gasteiger partial charge in [-0.15, -0.1) is 0 Å². The second kappa shape index (κ2) is 6.02. The van der Waals surface area contributed by atoms with E-state index in [1.165, 1.54) is 0 Å². The van der Waals surface area contributed by atoms with Crippen molar-refractivity contribution in [3.63, 3.8) is 0 Å². The number of nitrogens with two attached hydrogens (primary N) is 1. The minimum absolute atomic E-state index is 0.0564. The van der Waals surface area contributed by atoms with Crippen molar-refractivity contribution in [3.05, 3.63) is 22.4 Å². The summed E-state index contributed by atoms with van der Waals surface area (Å²) in [4.78, 5) is 11.3. The van der Waals surface area contributed by atoms with E-state index in [1.807, 2.05) is 16.8 Å². The average molecular weight is 227 g/mol. The van der Waals surface area contributed by atoms with Crippen molar-refractivity contribution < 1.29 is 10.0 Å². The van der Waals surface area contributed by atoms with E-state index in [2.05, 4.69) is 10.5 Å². The summed E-state index contributed by atoms with van der Waals surface area (Å²) in [6.07, 6.45) is 0.728. The maximum atomic E-state index is 11.3. The molecule has 0 aromatic carbocycles. The third-order valence-corrected chi connectivity index (χ3v) is 2.51. The van der Waals surface area contributed by atoms with Crippen LogP contribution in [0.1, 0.15) is 12.0 Å². The highest BCUT2D eigenvalue weighted by Gasteiger charge is 2.03. The molecular formula is C9H13N3O2S. The number of carbonyl (C=O) groups excluding carboxylic acids is 1. The van der Waals surface area contributed by atoms with Gasteiger partial charge in [0.05, 0.1) is 6.42 Å². The van der Waals surface area contributed by atoms with E-state index in [1.54, 1.807) is 11.3 Å². The van der Waals surface area contributed by atoms with Crippen molar-refractivity contribution in [2.45, 2.75) is 12.8 Å². The van der Waals surface area contributed by atoms with Gasteiger partial charge in [0.15, 0.2) is 0 Å². The molecule has 0 radical (unpaired) electrons. The molecule has 0 atom stereocenters. The van der Waals surface area contributed by atoms with Crippen LogP contribution in [0.25, 0.3) is 0 Å². The van der Waals surface area contributed by atoms with Crippen LogP contribution in [0.2, 0.25) is 0 Å². The Kier molecular flexibility index (Phi) is 4.62. The number of carbonyl (C=O) groups is 1.